The Balaban J connectivity index is 1.99. The fraction of sp³-hybridized carbons (Fsp3) is 0.632. The lowest BCUT2D eigenvalue weighted by atomic mass is 10.2. The van der Waals surface area contributed by atoms with E-state index in [2.05, 4.69) is 20.5 Å². The summed E-state index contributed by atoms with van der Waals surface area (Å²) >= 11 is 0. The average molecular weight is 413 g/mol. The van der Waals surface area contributed by atoms with Crippen molar-refractivity contribution >= 4 is 21.5 Å². The van der Waals surface area contributed by atoms with Crippen molar-refractivity contribution in [3.05, 3.63) is 18.2 Å². The van der Waals surface area contributed by atoms with Crippen molar-refractivity contribution in [3.63, 3.8) is 0 Å². The van der Waals surface area contributed by atoms with Crippen LogP contribution in [0.3, 0.4) is 0 Å². The topological polar surface area (TPSA) is 92.3 Å². The van der Waals surface area contributed by atoms with Crippen LogP contribution in [0.2, 0.25) is 0 Å². The summed E-state index contributed by atoms with van der Waals surface area (Å²) in [6.45, 7) is 6.34. The van der Waals surface area contributed by atoms with Crippen LogP contribution in [0, 0.1) is 0 Å². The molecule has 1 fully saturated rings. The van der Waals surface area contributed by atoms with Gasteiger partial charge in [-0.15, -0.1) is 0 Å². The Labute approximate surface area is 168 Å². The molecule has 2 rings (SSSR count). The van der Waals surface area contributed by atoms with Crippen LogP contribution in [-0.2, 0) is 9.84 Å². The van der Waals surface area contributed by atoms with E-state index in [1.807, 2.05) is 25.1 Å². The molecule has 1 heterocycles. The lowest BCUT2D eigenvalue weighted by Crippen LogP contribution is -2.44. The molecule has 9 heteroatoms. The molecule has 0 spiro atoms. The van der Waals surface area contributed by atoms with Crippen molar-refractivity contribution in [2.24, 2.45) is 4.99 Å². The second-order valence-corrected chi connectivity index (χ2v) is 9.12. The van der Waals surface area contributed by atoms with Crippen LogP contribution in [-0.4, -0.2) is 72.3 Å². The van der Waals surface area contributed by atoms with Crippen LogP contribution < -0.4 is 25.0 Å². The number of rotatable bonds is 9. The molecule has 1 atom stereocenters. The highest BCUT2D eigenvalue weighted by molar-refractivity contribution is 7.91. The SMILES string of the molecule is CCNC(=NCCS(=O)(=O)CC)NC1CCN(c2cc(OC)cc(OC)c2)C1. The van der Waals surface area contributed by atoms with Crippen LogP contribution >= 0.6 is 0 Å². The molecule has 28 heavy (non-hydrogen) atoms. The smallest absolute Gasteiger partial charge is 0.191 e. The number of sulfone groups is 1. The van der Waals surface area contributed by atoms with E-state index in [-0.39, 0.29) is 24.1 Å². The molecular weight excluding hydrogens is 380 g/mol. The quantitative estimate of drug-likeness (QED) is 0.466. The van der Waals surface area contributed by atoms with E-state index in [0.717, 1.165) is 43.2 Å². The molecule has 0 aromatic heterocycles. The molecular formula is C19H32N4O4S. The van der Waals surface area contributed by atoms with Crippen molar-refractivity contribution in [1.29, 1.82) is 0 Å². The van der Waals surface area contributed by atoms with Crippen molar-refractivity contribution in [2.75, 3.05) is 56.8 Å². The van der Waals surface area contributed by atoms with Gasteiger partial charge in [-0.1, -0.05) is 6.92 Å². The summed E-state index contributed by atoms with van der Waals surface area (Å²) in [7, 11) is 0.277. The summed E-state index contributed by atoms with van der Waals surface area (Å²) in [6, 6.07) is 6.08. The van der Waals surface area contributed by atoms with E-state index in [1.54, 1.807) is 21.1 Å². The molecule has 8 nitrogen and oxygen atoms in total. The number of benzene rings is 1. The summed E-state index contributed by atoms with van der Waals surface area (Å²) in [5.41, 5.74) is 1.05. The Morgan fingerprint density at radius 2 is 1.89 bits per heavy atom. The van der Waals surface area contributed by atoms with Gasteiger partial charge in [0.1, 0.15) is 11.5 Å². The number of nitrogens with one attached hydrogen (secondary N) is 2. The van der Waals surface area contributed by atoms with Gasteiger partial charge in [0.05, 0.1) is 26.5 Å². The molecule has 1 aromatic carbocycles. The number of methoxy groups -OCH3 is 2. The Kier molecular flexibility index (Phi) is 8.22. The largest absolute Gasteiger partial charge is 0.497 e. The van der Waals surface area contributed by atoms with Gasteiger partial charge in [-0.05, 0) is 13.3 Å². The molecule has 0 aliphatic carbocycles. The van der Waals surface area contributed by atoms with E-state index in [4.69, 9.17) is 9.47 Å². The minimum atomic E-state index is -3.01. The number of ether oxygens (including phenoxy) is 2. The van der Waals surface area contributed by atoms with E-state index in [1.165, 1.54) is 0 Å². The average Bonchev–Trinajstić information content (AvgIpc) is 3.16. The zero-order valence-electron chi connectivity index (χ0n) is 17.2. The Bertz CT molecular complexity index is 745. The van der Waals surface area contributed by atoms with Gasteiger partial charge in [-0.2, -0.15) is 0 Å². The molecule has 0 saturated carbocycles. The minimum Gasteiger partial charge on any atom is -0.497 e. The molecule has 1 aliphatic heterocycles. The third-order valence-electron chi connectivity index (χ3n) is 4.69. The van der Waals surface area contributed by atoms with Crippen LogP contribution in [0.15, 0.2) is 23.2 Å². The van der Waals surface area contributed by atoms with Crippen molar-refractivity contribution < 1.29 is 17.9 Å². The van der Waals surface area contributed by atoms with Gasteiger partial charge in [0.25, 0.3) is 0 Å². The third kappa shape index (κ3) is 6.47. The summed E-state index contributed by atoms with van der Waals surface area (Å²) in [6.07, 6.45) is 0.956. The third-order valence-corrected chi connectivity index (χ3v) is 6.37. The molecule has 158 valence electrons. The molecule has 0 bridgehead atoms. The van der Waals surface area contributed by atoms with Crippen LogP contribution in [0.1, 0.15) is 20.3 Å². The number of hydrogen-bond donors (Lipinski definition) is 2. The highest BCUT2D eigenvalue weighted by atomic mass is 32.2. The number of hydrogen-bond acceptors (Lipinski definition) is 6. The molecule has 0 amide bonds. The van der Waals surface area contributed by atoms with E-state index < -0.39 is 9.84 Å². The van der Waals surface area contributed by atoms with Crippen LogP contribution in [0.25, 0.3) is 0 Å². The maximum Gasteiger partial charge on any atom is 0.191 e. The van der Waals surface area contributed by atoms with E-state index >= 15 is 0 Å². The zero-order valence-corrected chi connectivity index (χ0v) is 18.0. The number of guanidine groups is 1. The summed E-state index contributed by atoms with van der Waals surface area (Å²) in [4.78, 5) is 6.69. The first-order valence-corrected chi connectivity index (χ1v) is 11.5. The van der Waals surface area contributed by atoms with Gasteiger partial charge in [0.2, 0.25) is 0 Å². The second-order valence-electron chi connectivity index (χ2n) is 6.64. The van der Waals surface area contributed by atoms with E-state index in [9.17, 15) is 8.42 Å². The maximum atomic E-state index is 11.7. The second kappa shape index (κ2) is 10.4. The lowest BCUT2D eigenvalue weighted by Gasteiger charge is -2.21. The van der Waals surface area contributed by atoms with Gasteiger partial charge < -0.3 is 25.0 Å². The zero-order chi connectivity index (χ0) is 20.6. The van der Waals surface area contributed by atoms with Gasteiger partial charge in [-0.25, -0.2) is 8.42 Å². The summed E-state index contributed by atoms with van der Waals surface area (Å²) in [5, 5.41) is 6.61. The molecule has 0 radical (unpaired) electrons. The predicted octanol–water partition coefficient (Wildman–Crippen LogP) is 1.27. The van der Waals surface area contributed by atoms with Crippen LogP contribution in [0.4, 0.5) is 5.69 Å². The summed E-state index contributed by atoms with van der Waals surface area (Å²) < 4.78 is 34.0. The fourth-order valence-electron chi connectivity index (χ4n) is 3.04. The first kappa shape index (κ1) is 22.1. The van der Waals surface area contributed by atoms with E-state index in [0.29, 0.717) is 5.96 Å². The van der Waals surface area contributed by atoms with Gasteiger partial charge >= 0.3 is 0 Å². The molecule has 2 N–H and O–H groups in total. The van der Waals surface area contributed by atoms with Gasteiger partial charge in [0.15, 0.2) is 15.8 Å². The Morgan fingerprint density at radius 1 is 1.21 bits per heavy atom. The maximum absolute atomic E-state index is 11.7. The lowest BCUT2D eigenvalue weighted by molar-refractivity contribution is 0.394. The summed E-state index contributed by atoms with van der Waals surface area (Å²) in [5.74, 6) is 2.40. The van der Waals surface area contributed by atoms with Crippen molar-refractivity contribution in [1.82, 2.24) is 10.6 Å². The number of nitrogens with zero attached hydrogens (tertiary/aromatic N) is 2. The van der Waals surface area contributed by atoms with Gasteiger partial charge in [-0.3, -0.25) is 4.99 Å². The standard InChI is InChI=1S/C19H32N4O4S/c1-5-20-19(21-8-10-28(24,25)6-2)22-15-7-9-23(14-15)16-11-17(26-3)13-18(12-16)27-4/h11-13,15H,5-10,14H2,1-4H3,(H2,20,21,22). The minimum absolute atomic E-state index is 0.0699. The monoisotopic (exact) mass is 412 g/mol. The molecule has 1 saturated heterocycles. The first-order valence-electron chi connectivity index (χ1n) is 9.64. The Morgan fingerprint density at radius 3 is 2.46 bits per heavy atom. The van der Waals surface area contributed by atoms with Crippen molar-refractivity contribution in [2.45, 2.75) is 26.3 Å². The van der Waals surface area contributed by atoms with Crippen molar-refractivity contribution in [3.8, 4) is 11.5 Å². The molecule has 1 aromatic rings. The predicted molar refractivity (Wildman–Crippen MR) is 114 cm³/mol. The Hall–Kier alpha value is -2.16. The van der Waals surface area contributed by atoms with Gasteiger partial charge in [0, 0.05) is 55.3 Å². The normalized spacial score (nSPS) is 17.5. The molecule has 1 unspecified atom stereocenters. The fourth-order valence-corrected chi connectivity index (χ4v) is 3.70. The number of anilines is 1. The first-order chi connectivity index (χ1) is 13.4. The highest BCUT2D eigenvalue weighted by Gasteiger charge is 2.24. The van der Waals surface area contributed by atoms with Crippen LogP contribution in [0.5, 0.6) is 11.5 Å². The number of aliphatic imine (C=N–C) groups is 1. The highest BCUT2D eigenvalue weighted by Crippen LogP contribution is 2.30. The molecule has 1 aliphatic rings.